The zero-order valence-electron chi connectivity index (χ0n) is 40.1. The average Bonchev–Trinajstić information content (AvgIpc) is 3.60. The molecule has 0 unspecified atom stereocenters. The van der Waals surface area contributed by atoms with E-state index in [1.54, 1.807) is 0 Å². The molecular formula is C58H60BN3S. The Kier molecular flexibility index (Phi) is 9.13. The predicted octanol–water partition coefficient (Wildman–Crippen LogP) is 15.1. The molecule has 3 heterocycles. The van der Waals surface area contributed by atoms with Gasteiger partial charge >= 0.3 is 0 Å². The topological polar surface area (TPSA) is 18.5 Å². The van der Waals surface area contributed by atoms with E-state index in [-0.39, 0.29) is 28.4 Å². The number of hydrogen-bond donors (Lipinski definition) is 1. The van der Waals surface area contributed by atoms with Gasteiger partial charge in [0.25, 0.3) is 6.71 Å². The Bertz CT molecular complexity index is 3060. The maximum atomic E-state index is 9.41. The molecule has 0 saturated heterocycles. The summed E-state index contributed by atoms with van der Waals surface area (Å²) in [5.41, 5.74) is 17.7. The molecule has 0 amide bonds. The van der Waals surface area contributed by atoms with Gasteiger partial charge in [0.05, 0.1) is 12.7 Å². The second-order valence-electron chi connectivity index (χ2n) is 22.0. The monoisotopic (exact) mass is 842 g/mol. The van der Waals surface area contributed by atoms with Crippen LogP contribution in [0.2, 0.25) is 0 Å². The number of fused-ring (bicyclic) bond motifs is 7. The van der Waals surface area contributed by atoms with Gasteiger partial charge in [0.15, 0.2) is 0 Å². The average molecular weight is 843 g/mol. The molecule has 0 radical (unpaired) electrons. The highest BCUT2D eigenvalue weighted by molar-refractivity contribution is 7.26. The van der Waals surface area contributed by atoms with Gasteiger partial charge in [0, 0.05) is 54.3 Å². The molecule has 5 heteroatoms. The number of anilines is 8. The first-order chi connectivity index (χ1) is 30.2. The molecule has 0 atom stereocenters. The third kappa shape index (κ3) is 6.95. The summed E-state index contributed by atoms with van der Waals surface area (Å²) in [5.74, 6) is 0. The van der Waals surface area contributed by atoms with Crippen molar-refractivity contribution in [2.45, 2.75) is 105 Å². The van der Waals surface area contributed by atoms with Crippen molar-refractivity contribution < 1.29 is 1.37 Å². The number of rotatable bonds is 4. The van der Waals surface area contributed by atoms with Crippen LogP contribution in [0.3, 0.4) is 0 Å². The van der Waals surface area contributed by atoms with Crippen LogP contribution in [0.1, 0.15) is 107 Å². The Morgan fingerprint density at radius 1 is 0.540 bits per heavy atom. The third-order valence-electron chi connectivity index (χ3n) is 13.4. The normalized spacial score (nSPS) is 14.0. The molecule has 1 aromatic heterocycles. The zero-order chi connectivity index (χ0) is 45.2. The first-order valence-electron chi connectivity index (χ1n) is 23.1. The molecule has 0 fully saturated rings. The molecule has 8 aromatic rings. The minimum atomic E-state index is -0.0917. The largest absolute Gasteiger partial charge is 0.355 e. The van der Waals surface area contributed by atoms with E-state index < -0.39 is 0 Å². The number of nitrogens with one attached hydrogen (secondary N) is 1. The molecule has 3 nitrogen and oxygen atoms in total. The fraction of sp³-hybridized carbons (Fsp3) is 0.276. The number of nitrogens with zero attached hydrogens (tertiary/aromatic N) is 2. The Hall–Kier alpha value is -5.78. The third-order valence-corrected chi connectivity index (χ3v) is 14.5. The van der Waals surface area contributed by atoms with Crippen LogP contribution in [0.15, 0.2) is 140 Å². The summed E-state index contributed by atoms with van der Waals surface area (Å²) < 4.78 is 11.9. The van der Waals surface area contributed by atoms with Crippen molar-refractivity contribution in [1.29, 1.82) is 0 Å². The van der Waals surface area contributed by atoms with E-state index in [0.717, 1.165) is 45.5 Å². The summed E-state index contributed by atoms with van der Waals surface area (Å²) in [6.45, 7) is 27.4. The fourth-order valence-electron chi connectivity index (χ4n) is 9.77. The Morgan fingerprint density at radius 3 is 1.65 bits per heavy atom. The van der Waals surface area contributed by atoms with Gasteiger partial charge < -0.3 is 15.1 Å². The first kappa shape index (κ1) is 40.0. The van der Waals surface area contributed by atoms with Crippen molar-refractivity contribution in [2.75, 3.05) is 15.1 Å². The van der Waals surface area contributed by atoms with Crippen LogP contribution in [0, 0.1) is 0 Å². The molecule has 0 aliphatic carbocycles. The van der Waals surface area contributed by atoms with E-state index in [9.17, 15) is 1.37 Å². The van der Waals surface area contributed by atoms with Gasteiger partial charge in [0.1, 0.15) is 0 Å². The highest BCUT2D eigenvalue weighted by Crippen LogP contribution is 2.51. The standard InChI is InChI=1S/C58H60BN3S/c1-55(2,3)36-20-27-40(28-21-36)61(41-29-22-37(23-30-41)56(4,5)6)54-51-43-16-13-14-19-49(43)63-50(51)35-45-53(54)60-46-17-15-18-48-52(46)59(45)44-34-39(58(10,11)12)26-33-47(44)62(48)42-31-24-38(25-32-42)57(7,8)9/h13-35,60H,1-12H3/i15D. The number of benzene rings is 7. The molecule has 2 aliphatic heterocycles. The zero-order valence-corrected chi connectivity index (χ0v) is 39.9. The summed E-state index contributed by atoms with van der Waals surface area (Å²) in [6.07, 6.45) is 0. The lowest BCUT2D eigenvalue weighted by atomic mass is 9.33. The van der Waals surface area contributed by atoms with Gasteiger partial charge in [-0.2, -0.15) is 0 Å². The summed E-state index contributed by atoms with van der Waals surface area (Å²) >= 11 is 1.88. The molecular weight excluding hydrogens is 782 g/mol. The van der Waals surface area contributed by atoms with E-state index in [1.807, 2.05) is 11.3 Å². The minimum absolute atomic E-state index is 0.0141. The summed E-state index contributed by atoms with van der Waals surface area (Å²) in [5, 5.41) is 6.60. The van der Waals surface area contributed by atoms with Crippen LogP contribution in [0.4, 0.5) is 45.5 Å². The molecule has 0 bridgehead atoms. The van der Waals surface area contributed by atoms with Crippen LogP contribution in [-0.2, 0) is 21.7 Å². The second kappa shape index (κ2) is 14.4. The maximum absolute atomic E-state index is 9.41. The van der Waals surface area contributed by atoms with Crippen molar-refractivity contribution in [3.8, 4) is 0 Å². The molecule has 2 aliphatic rings. The van der Waals surface area contributed by atoms with Gasteiger partial charge in [-0.3, -0.25) is 0 Å². The quantitative estimate of drug-likeness (QED) is 0.178. The van der Waals surface area contributed by atoms with Crippen LogP contribution < -0.4 is 31.5 Å². The fourth-order valence-corrected chi connectivity index (χ4v) is 10.9. The SMILES string of the molecule is [2H]c1cc2c3c(c1)N(c1ccc(C(C)(C)C)cc1)c1ccc(C(C)(C)C)cc1B3c1cc3sc4ccccc4c3c(N(c3ccc(C(C)(C)C)cc3)c3ccc(C(C)(C)C)cc3)c1N2. The van der Waals surface area contributed by atoms with Crippen LogP contribution >= 0.6 is 11.3 Å². The lowest BCUT2D eigenvalue weighted by Gasteiger charge is -2.42. The Balaban J connectivity index is 1.30. The van der Waals surface area contributed by atoms with E-state index in [1.165, 1.54) is 58.8 Å². The Labute approximate surface area is 381 Å². The summed E-state index contributed by atoms with van der Waals surface area (Å²) in [6, 6.07) is 50.7. The predicted molar refractivity (Wildman–Crippen MR) is 278 cm³/mol. The summed E-state index contributed by atoms with van der Waals surface area (Å²) in [4.78, 5) is 4.91. The van der Waals surface area contributed by atoms with E-state index in [4.69, 9.17) is 0 Å². The molecule has 316 valence electrons. The molecule has 0 saturated carbocycles. The molecule has 1 N–H and O–H groups in total. The molecule has 10 rings (SSSR count). The lowest BCUT2D eigenvalue weighted by molar-refractivity contribution is 0.590. The molecule has 0 spiro atoms. The van der Waals surface area contributed by atoms with Gasteiger partial charge in [-0.25, -0.2) is 0 Å². The van der Waals surface area contributed by atoms with Crippen molar-refractivity contribution in [3.05, 3.63) is 162 Å². The number of hydrogen-bond acceptors (Lipinski definition) is 4. The summed E-state index contributed by atoms with van der Waals surface area (Å²) in [7, 11) is 0. The van der Waals surface area contributed by atoms with Gasteiger partial charge in [-0.1, -0.05) is 156 Å². The van der Waals surface area contributed by atoms with E-state index >= 15 is 0 Å². The van der Waals surface area contributed by atoms with E-state index in [0.29, 0.717) is 6.04 Å². The van der Waals surface area contributed by atoms with Gasteiger partial charge in [-0.15, -0.1) is 11.3 Å². The van der Waals surface area contributed by atoms with Crippen LogP contribution in [0.5, 0.6) is 0 Å². The van der Waals surface area contributed by atoms with E-state index in [2.05, 4.69) is 232 Å². The van der Waals surface area contributed by atoms with Gasteiger partial charge in [0.2, 0.25) is 0 Å². The smallest absolute Gasteiger partial charge is 0.252 e. The van der Waals surface area contributed by atoms with Crippen molar-refractivity contribution in [3.63, 3.8) is 0 Å². The maximum Gasteiger partial charge on any atom is 0.252 e. The second-order valence-corrected chi connectivity index (χ2v) is 23.1. The lowest BCUT2D eigenvalue weighted by Crippen LogP contribution is -2.60. The van der Waals surface area contributed by atoms with Crippen LogP contribution in [-0.4, -0.2) is 6.71 Å². The molecule has 7 aromatic carbocycles. The highest BCUT2D eigenvalue weighted by Gasteiger charge is 2.43. The van der Waals surface area contributed by atoms with Crippen LogP contribution in [0.25, 0.3) is 20.2 Å². The molecule has 63 heavy (non-hydrogen) atoms. The minimum Gasteiger partial charge on any atom is -0.355 e. The van der Waals surface area contributed by atoms with Gasteiger partial charge in [-0.05, 0) is 127 Å². The number of thiophene rings is 1. The van der Waals surface area contributed by atoms with Crippen molar-refractivity contribution in [1.82, 2.24) is 0 Å². The van der Waals surface area contributed by atoms with Crippen molar-refractivity contribution >= 4 is 100 Å². The Morgan fingerprint density at radius 2 is 1.08 bits per heavy atom. The van der Waals surface area contributed by atoms with Crippen molar-refractivity contribution in [2.24, 2.45) is 0 Å². The highest BCUT2D eigenvalue weighted by atomic mass is 32.1. The first-order valence-corrected chi connectivity index (χ1v) is 23.4.